The minimum Gasteiger partial charge on any atom is -0.311 e. The summed E-state index contributed by atoms with van der Waals surface area (Å²) in [5.41, 5.74) is 2.39. The van der Waals surface area contributed by atoms with E-state index in [1.165, 1.54) is 12.0 Å². The first-order chi connectivity index (χ1) is 7.77. The highest BCUT2D eigenvalue weighted by molar-refractivity contribution is 6.17. The van der Waals surface area contributed by atoms with Crippen LogP contribution < -0.4 is 5.32 Å². The second-order valence-electron chi connectivity index (χ2n) is 4.15. The average molecular weight is 241 g/mol. The van der Waals surface area contributed by atoms with E-state index in [9.17, 15) is 0 Å². The number of aromatic nitrogens is 1. The van der Waals surface area contributed by atoms with E-state index in [1.807, 2.05) is 12.3 Å². The summed E-state index contributed by atoms with van der Waals surface area (Å²) >= 11 is 5.76. The molecule has 0 radical (unpaired) electrons. The minimum absolute atomic E-state index is 0.682. The number of hydrogen-bond acceptors (Lipinski definition) is 2. The van der Waals surface area contributed by atoms with Gasteiger partial charge in [0.25, 0.3) is 0 Å². The van der Waals surface area contributed by atoms with Gasteiger partial charge in [0.2, 0.25) is 0 Å². The van der Waals surface area contributed by atoms with E-state index < -0.39 is 0 Å². The molecule has 1 rings (SSSR count). The molecule has 3 heteroatoms. The van der Waals surface area contributed by atoms with Gasteiger partial charge in [-0.05, 0) is 37.4 Å². The molecule has 1 aromatic heterocycles. The number of pyridine rings is 1. The van der Waals surface area contributed by atoms with Gasteiger partial charge in [0.1, 0.15) is 0 Å². The highest BCUT2D eigenvalue weighted by Gasteiger charge is 2.05. The minimum atomic E-state index is 0.682. The summed E-state index contributed by atoms with van der Waals surface area (Å²) < 4.78 is 0. The van der Waals surface area contributed by atoms with Crippen LogP contribution in [0, 0.1) is 12.8 Å². The van der Waals surface area contributed by atoms with Crippen LogP contribution in [0.2, 0.25) is 0 Å². The molecule has 16 heavy (non-hydrogen) atoms. The molecule has 1 heterocycles. The Balaban J connectivity index is 2.32. The summed E-state index contributed by atoms with van der Waals surface area (Å²) in [5.74, 6) is 1.43. The molecule has 0 aliphatic carbocycles. The zero-order valence-electron chi connectivity index (χ0n) is 10.2. The third-order valence-corrected chi connectivity index (χ3v) is 3.16. The maximum Gasteiger partial charge on any atom is 0.0570 e. The molecule has 0 aliphatic rings. The smallest absolute Gasteiger partial charge is 0.0570 e. The lowest BCUT2D eigenvalue weighted by atomic mass is 10.0. The number of nitrogens with one attached hydrogen (secondary N) is 1. The molecule has 1 aromatic rings. The van der Waals surface area contributed by atoms with Gasteiger partial charge >= 0.3 is 0 Å². The van der Waals surface area contributed by atoms with Gasteiger partial charge in [-0.15, -0.1) is 11.6 Å². The van der Waals surface area contributed by atoms with E-state index in [0.29, 0.717) is 5.92 Å². The Bertz CT molecular complexity index is 302. The molecule has 0 amide bonds. The van der Waals surface area contributed by atoms with Crippen molar-refractivity contribution in [2.45, 2.75) is 33.2 Å². The second kappa shape index (κ2) is 7.64. The fourth-order valence-corrected chi connectivity index (χ4v) is 2.01. The van der Waals surface area contributed by atoms with E-state index in [0.717, 1.165) is 31.1 Å². The Kier molecular flexibility index (Phi) is 6.43. The Morgan fingerprint density at radius 1 is 1.50 bits per heavy atom. The van der Waals surface area contributed by atoms with Gasteiger partial charge in [0, 0.05) is 18.6 Å². The predicted octanol–water partition coefficient (Wildman–Crippen LogP) is 3.13. The maximum atomic E-state index is 5.76. The van der Waals surface area contributed by atoms with Crippen molar-refractivity contribution in [3.63, 3.8) is 0 Å². The van der Waals surface area contributed by atoms with Crippen LogP contribution in [0.4, 0.5) is 0 Å². The SMILES string of the molecule is CCC(CCCl)CNCc1ncccc1C. The van der Waals surface area contributed by atoms with Gasteiger partial charge in [0.15, 0.2) is 0 Å². The van der Waals surface area contributed by atoms with E-state index in [4.69, 9.17) is 11.6 Å². The molecule has 0 spiro atoms. The van der Waals surface area contributed by atoms with Gasteiger partial charge in [0.05, 0.1) is 5.69 Å². The van der Waals surface area contributed by atoms with Crippen molar-refractivity contribution in [1.29, 1.82) is 0 Å². The lowest BCUT2D eigenvalue weighted by Gasteiger charge is -2.14. The number of halogens is 1. The van der Waals surface area contributed by atoms with Crippen molar-refractivity contribution in [2.24, 2.45) is 5.92 Å². The van der Waals surface area contributed by atoms with Crippen LogP contribution in [0.15, 0.2) is 18.3 Å². The third kappa shape index (κ3) is 4.50. The molecule has 0 aliphatic heterocycles. The fourth-order valence-electron chi connectivity index (χ4n) is 1.70. The zero-order chi connectivity index (χ0) is 11.8. The van der Waals surface area contributed by atoms with Crippen LogP contribution in [-0.2, 0) is 6.54 Å². The number of alkyl halides is 1. The number of hydrogen-bond donors (Lipinski definition) is 1. The molecular weight excluding hydrogens is 220 g/mol. The summed E-state index contributed by atoms with van der Waals surface area (Å²) in [5, 5.41) is 3.46. The average Bonchev–Trinajstić information content (AvgIpc) is 2.30. The lowest BCUT2D eigenvalue weighted by molar-refractivity contribution is 0.449. The first kappa shape index (κ1) is 13.5. The van der Waals surface area contributed by atoms with E-state index in [-0.39, 0.29) is 0 Å². The first-order valence-corrected chi connectivity index (χ1v) is 6.48. The summed E-state index contributed by atoms with van der Waals surface area (Å²) in [6, 6.07) is 4.07. The van der Waals surface area contributed by atoms with Crippen LogP contribution in [0.25, 0.3) is 0 Å². The Morgan fingerprint density at radius 3 is 2.94 bits per heavy atom. The largest absolute Gasteiger partial charge is 0.311 e. The quantitative estimate of drug-likeness (QED) is 0.741. The van der Waals surface area contributed by atoms with Crippen molar-refractivity contribution in [3.05, 3.63) is 29.6 Å². The molecule has 0 fully saturated rings. The van der Waals surface area contributed by atoms with Crippen LogP contribution in [0.1, 0.15) is 31.0 Å². The van der Waals surface area contributed by atoms with Gasteiger partial charge in [-0.3, -0.25) is 4.98 Å². The van der Waals surface area contributed by atoms with Gasteiger partial charge in [-0.1, -0.05) is 19.4 Å². The molecule has 0 bridgehead atoms. The van der Waals surface area contributed by atoms with Crippen molar-refractivity contribution in [3.8, 4) is 0 Å². The Morgan fingerprint density at radius 2 is 2.31 bits per heavy atom. The molecule has 90 valence electrons. The van der Waals surface area contributed by atoms with Crippen LogP contribution in [-0.4, -0.2) is 17.4 Å². The van der Waals surface area contributed by atoms with Crippen LogP contribution in [0.5, 0.6) is 0 Å². The number of nitrogens with zero attached hydrogens (tertiary/aromatic N) is 1. The number of aryl methyl sites for hydroxylation is 1. The topological polar surface area (TPSA) is 24.9 Å². The Labute approximate surface area is 103 Å². The predicted molar refractivity (Wildman–Crippen MR) is 69.8 cm³/mol. The molecular formula is C13H21ClN2. The second-order valence-corrected chi connectivity index (χ2v) is 4.53. The molecule has 1 unspecified atom stereocenters. The van der Waals surface area contributed by atoms with Crippen LogP contribution in [0.3, 0.4) is 0 Å². The van der Waals surface area contributed by atoms with Crippen molar-refractivity contribution in [2.75, 3.05) is 12.4 Å². The summed E-state index contributed by atoms with van der Waals surface area (Å²) in [4.78, 5) is 4.36. The van der Waals surface area contributed by atoms with Gasteiger partial charge in [-0.2, -0.15) is 0 Å². The first-order valence-electron chi connectivity index (χ1n) is 5.95. The normalized spacial score (nSPS) is 12.7. The van der Waals surface area contributed by atoms with E-state index >= 15 is 0 Å². The third-order valence-electron chi connectivity index (χ3n) is 2.94. The highest BCUT2D eigenvalue weighted by atomic mass is 35.5. The molecule has 0 aromatic carbocycles. The van der Waals surface area contributed by atoms with Gasteiger partial charge in [-0.25, -0.2) is 0 Å². The molecule has 1 N–H and O–H groups in total. The molecule has 2 nitrogen and oxygen atoms in total. The van der Waals surface area contributed by atoms with Crippen LogP contribution >= 0.6 is 11.6 Å². The molecule has 0 saturated heterocycles. The van der Waals surface area contributed by atoms with E-state index in [2.05, 4.69) is 30.2 Å². The van der Waals surface area contributed by atoms with Crippen molar-refractivity contribution < 1.29 is 0 Å². The van der Waals surface area contributed by atoms with Crippen molar-refractivity contribution >= 4 is 11.6 Å². The Hall–Kier alpha value is -0.600. The number of rotatable bonds is 7. The summed E-state index contributed by atoms with van der Waals surface area (Å²) in [7, 11) is 0. The maximum absolute atomic E-state index is 5.76. The van der Waals surface area contributed by atoms with Crippen molar-refractivity contribution in [1.82, 2.24) is 10.3 Å². The fraction of sp³-hybridized carbons (Fsp3) is 0.615. The highest BCUT2D eigenvalue weighted by Crippen LogP contribution is 2.08. The van der Waals surface area contributed by atoms with Gasteiger partial charge < -0.3 is 5.32 Å². The molecule has 1 atom stereocenters. The zero-order valence-corrected chi connectivity index (χ0v) is 10.9. The lowest BCUT2D eigenvalue weighted by Crippen LogP contribution is -2.23. The van der Waals surface area contributed by atoms with E-state index in [1.54, 1.807) is 0 Å². The molecule has 0 saturated carbocycles. The summed E-state index contributed by atoms with van der Waals surface area (Å²) in [6.07, 6.45) is 4.12. The standard InChI is InChI=1S/C13H21ClN2/c1-3-12(6-7-14)9-15-10-13-11(2)5-4-8-16-13/h4-5,8,12,15H,3,6-7,9-10H2,1-2H3. The monoisotopic (exact) mass is 240 g/mol. The summed E-state index contributed by atoms with van der Waals surface area (Å²) in [6.45, 7) is 6.19.